The molecule has 2 aliphatic heterocycles. The summed E-state index contributed by atoms with van der Waals surface area (Å²) < 4.78 is 6.43. The highest BCUT2D eigenvalue weighted by Gasteiger charge is 2.49. The van der Waals surface area contributed by atoms with E-state index in [9.17, 15) is 4.79 Å². The molecule has 3 nitrogen and oxygen atoms in total. The molecule has 1 aliphatic carbocycles. The fourth-order valence-electron chi connectivity index (χ4n) is 4.96. The molecule has 0 radical (unpaired) electrons. The molecule has 0 aromatic heterocycles. The number of ether oxygens (including phenoxy) is 1. The van der Waals surface area contributed by atoms with Gasteiger partial charge in [0.2, 0.25) is 5.91 Å². The zero-order valence-electron chi connectivity index (χ0n) is 14.9. The fraction of sp³-hybridized carbons (Fsp3) is 0.947. The molecule has 1 saturated carbocycles. The van der Waals surface area contributed by atoms with E-state index in [2.05, 4.69) is 32.6 Å². The number of amides is 1. The van der Waals surface area contributed by atoms with E-state index in [0.29, 0.717) is 11.8 Å². The van der Waals surface area contributed by atoms with Crippen molar-refractivity contribution in [2.24, 2.45) is 11.3 Å². The molecule has 1 amide bonds. The number of carbonyl (C=O) groups excluding carboxylic acids is 1. The van der Waals surface area contributed by atoms with Gasteiger partial charge in [0.1, 0.15) is 0 Å². The minimum absolute atomic E-state index is 0.00716. The van der Waals surface area contributed by atoms with Crippen LogP contribution in [-0.2, 0) is 9.53 Å². The van der Waals surface area contributed by atoms with Gasteiger partial charge in [-0.3, -0.25) is 4.79 Å². The van der Waals surface area contributed by atoms with Crippen LogP contribution in [0.5, 0.6) is 0 Å². The van der Waals surface area contributed by atoms with Crippen LogP contribution in [0, 0.1) is 11.3 Å². The average molecular weight is 307 g/mol. The Morgan fingerprint density at radius 3 is 2.36 bits per heavy atom. The van der Waals surface area contributed by atoms with E-state index in [1.807, 2.05) is 0 Å². The summed E-state index contributed by atoms with van der Waals surface area (Å²) in [5, 5.41) is 0. The molecule has 0 unspecified atom stereocenters. The number of rotatable bonds is 1. The van der Waals surface area contributed by atoms with Crippen LogP contribution < -0.4 is 0 Å². The number of hydrogen-bond donors (Lipinski definition) is 0. The molecular formula is C19H33NO2. The monoisotopic (exact) mass is 307 g/mol. The summed E-state index contributed by atoms with van der Waals surface area (Å²) in [4.78, 5) is 15.2. The zero-order chi connectivity index (χ0) is 16.0. The van der Waals surface area contributed by atoms with Gasteiger partial charge in [0.15, 0.2) is 0 Å². The molecule has 2 heterocycles. The van der Waals surface area contributed by atoms with Gasteiger partial charge in [0.05, 0.1) is 11.2 Å². The van der Waals surface area contributed by atoms with Gasteiger partial charge >= 0.3 is 0 Å². The molecule has 3 rings (SSSR count). The number of hydrogen-bond acceptors (Lipinski definition) is 2. The lowest BCUT2D eigenvalue weighted by Crippen LogP contribution is -2.60. The molecule has 3 aliphatic rings. The van der Waals surface area contributed by atoms with Gasteiger partial charge in [-0.15, -0.1) is 0 Å². The number of fused-ring (bicyclic) bond motifs is 1. The van der Waals surface area contributed by atoms with Crippen LogP contribution in [-0.4, -0.2) is 35.1 Å². The smallest absolute Gasteiger partial charge is 0.228 e. The van der Waals surface area contributed by atoms with E-state index in [-0.39, 0.29) is 16.6 Å². The molecule has 0 bridgehead atoms. The first kappa shape index (κ1) is 16.3. The molecule has 3 fully saturated rings. The van der Waals surface area contributed by atoms with Crippen LogP contribution in [0.1, 0.15) is 79.1 Å². The van der Waals surface area contributed by atoms with Crippen molar-refractivity contribution in [1.82, 2.24) is 4.90 Å². The Morgan fingerprint density at radius 1 is 1.00 bits per heavy atom. The highest BCUT2D eigenvalue weighted by molar-refractivity contribution is 5.82. The predicted molar refractivity (Wildman–Crippen MR) is 88.7 cm³/mol. The van der Waals surface area contributed by atoms with E-state index in [4.69, 9.17) is 4.74 Å². The van der Waals surface area contributed by atoms with Crippen molar-refractivity contribution in [2.75, 3.05) is 13.1 Å². The lowest BCUT2D eigenvalue weighted by atomic mass is 9.71. The second kappa shape index (κ2) is 5.51. The third kappa shape index (κ3) is 2.93. The van der Waals surface area contributed by atoms with Gasteiger partial charge in [-0.25, -0.2) is 0 Å². The average Bonchev–Trinajstić information content (AvgIpc) is 2.45. The van der Waals surface area contributed by atoms with Crippen LogP contribution in [0.2, 0.25) is 0 Å². The summed E-state index contributed by atoms with van der Waals surface area (Å²) in [7, 11) is 0. The van der Waals surface area contributed by atoms with Crippen LogP contribution in [0.3, 0.4) is 0 Å². The Kier molecular flexibility index (Phi) is 4.08. The number of likely N-dealkylation sites (tertiary alicyclic amines) is 1. The molecule has 126 valence electrons. The maximum Gasteiger partial charge on any atom is 0.228 e. The Labute approximate surface area is 135 Å². The summed E-state index contributed by atoms with van der Waals surface area (Å²) >= 11 is 0. The van der Waals surface area contributed by atoms with Crippen molar-refractivity contribution >= 4 is 5.91 Å². The standard InChI is InChI=1S/C19H33NO2/c1-17(2)11-8-15-14-20(13-12-19(15,4)22-17)16(21)18(3)9-6-5-7-10-18/h15H,5-14H2,1-4H3/t15-,19+/m0/s1. The molecule has 2 atom stereocenters. The van der Waals surface area contributed by atoms with Crippen LogP contribution in [0.15, 0.2) is 0 Å². The Hall–Kier alpha value is -0.570. The zero-order valence-corrected chi connectivity index (χ0v) is 14.9. The first-order chi connectivity index (χ1) is 10.2. The molecule has 0 N–H and O–H groups in total. The van der Waals surface area contributed by atoms with Crippen LogP contribution in [0.4, 0.5) is 0 Å². The quantitative estimate of drug-likeness (QED) is 0.728. The molecular weight excluding hydrogens is 274 g/mol. The van der Waals surface area contributed by atoms with Crippen molar-refractivity contribution < 1.29 is 9.53 Å². The van der Waals surface area contributed by atoms with Gasteiger partial charge in [0, 0.05) is 24.4 Å². The minimum Gasteiger partial charge on any atom is -0.369 e. The highest BCUT2D eigenvalue weighted by atomic mass is 16.5. The van der Waals surface area contributed by atoms with Crippen LogP contribution in [0.25, 0.3) is 0 Å². The second-order valence-corrected chi connectivity index (χ2v) is 9.03. The van der Waals surface area contributed by atoms with Gasteiger partial charge in [0.25, 0.3) is 0 Å². The lowest BCUT2D eigenvalue weighted by molar-refractivity contribution is -0.215. The maximum absolute atomic E-state index is 13.1. The van der Waals surface area contributed by atoms with Crippen molar-refractivity contribution in [2.45, 2.75) is 90.3 Å². The third-order valence-corrected chi connectivity index (χ3v) is 6.55. The fourth-order valence-corrected chi connectivity index (χ4v) is 4.96. The SMILES string of the molecule is CC1(C)CC[C@H]2CN(C(=O)C3(C)CCCCC3)CC[C@@]2(C)O1. The first-order valence-corrected chi connectivity index (χ1v) is 9.24. The van der Waals surface area contributed by atoms with E-state index >= 15 is 0 Å². The largest absolute Gasteiger partial charge is 0.369 e. The molecule has 2 saturated heterocycles. The maximum atomic E-state index is 13.1. The van der Waals surface area contributed by atoms with Gasteiger partial charge < -0.3 is 9.64 Å². The molecule has 0 aromatic carbocycles. The van der Waals surface area contributed by atoms with Crippen LogP contribution >= 0.6 is 0 Å². The number of nitrogens with zero attached hydrogens (tertiary/aromatic N) is 1. The Morgan fingerprint density at radius 2 is 1.68 bits per heavy atom. The van der Waals surface area contributed by atoms with E-state index < -0.39 is 0 Å². The first-order valence-electron chi connectivity index (χ1n) is 9.24. The third-order valence-electron chi connectivity index (χ3n) is 6.55. The summed E-state index contributed by atoms with van der Waals surface area (Å²) in [6.07, 6.45) is 9.16. The van der Waals surface area contributed by atoms with Crippen molar-refractivity contribution in [3.8, 4) is 0 Å². The highest BCUT2D eigenvalue weighted by Crippen LogP contribution is 2.45. The molecule has 0 aromatic rings. The van der Waals surface area contributed by atoms with E-state index in [0.717, 1.165) is 38.8 Å². The minimum atomic E-state index is -0.0964. The van der Waals surface area contributed by atoms with E-state index in [1.54, 1.807) is 0 Å². The van der Waals surface area contributed by atoms with Crippen molar-refractivity contribution in [3.05, 3.63) is 0 Å². The molecule has 3 heteroatoms. The van der Waals surface area contributed by atoms with Gasteiger partial charge in [-0.05, 0) is 52.9 Å². The topological polar surface area (TPSA) is 29.5 Å². The summed E-state index contributed by atoms with van der Waals surface area (Å²) in [5.41, 5.74) is -0.139. The number of carbonyl (C=O) groups is 1. The molecule has 0 spiro atoms. The Bertz CT molecular complexity index is 439. The van der Waals surface area contributed by atoms with Gasteiger partial charge in [-0.1, -0.05) is 26.2 Å². The molecule has 22 heavy (non-hydrogen) atoms. The van der Waals surface area contributed by atoms with Crippen molar-refractivity contribution in [1.29, 1.82) is 0 Å². The predicted octanol–water partition coefficient (Wildman–Crippen LogP) is 4.15. The lowest BCUT2D eigenvalue weighted by Gasteiger charge is -2.54. The van der Waals surface area contributed by atoms with E-state index in [1.165, 1.54) is 25.7 Å². The summed E-state index contributed by atoms with van der Waals surface area (Å²) in [6, 6.07) is 0. The second-order valence-electron chi connectivity index (χ2n) is 9.03. The number of piperidine rings is 1. The Balaban J connectivity index is 1.68. The van der Waals surface area contributed by atoms with Crippen molar-refractivity contribution in [3.63, 3.8) is 0 Å². The summed E-state index contributed by atoms with van der Waals surface area (Å²) in [6.45, 7) is 10.6. The van der Waals surface area contributed by atoms with Gasteiger partial charge in [-0.2, -0.15) is 0 Å². The normalized spacial score (nSPS) is 37.5. The summed E-state index contributed by atoms with van der Waals surface area (Å²) in [5.74, 6) is 0.921.